The number of fused-ring (bicyclic) bond motifs is 1. The van der Waals surface area contributed by atoms with E-state index in [4.69, 9.17) is 32.7 Å². The molecule has 0 N–H and O–H groups in total. The van der Waals surface area contributed by atoms with Crippen LogP contribution in [0, 0.1) is 6.92 Å². The molecule has 0 atom stereocenters. The van der Waals surface area contributed by atoms with Crippen LogP contribution in [0.25, 0.3) is 6.08 Å². The molecule has 0 aromatic heterocycles. The number of nitrogens with zero attached hydrogens (tertiary/aromatic N) is 1. The van der Waals surface area contributed by atoms with Crippen LogP contribution in [0.15, 0.2) is 60.4 Å². The maximum absolute atomic E-state index is 13.0. The molecule has 0 aliphatic carbocycles. The van der Waals surface area contributed by atoms with Gasteiger partial charge >= 0.3 is 0 Å². The number of hydrogen-bond donors (Lipinski definition) is 0. The van der Waals surface area contributed by atoms with E-state index in [9.17, 15) is 4.79 Å². The molecule has 0 fully saturated rings. The highest BCUT2D eigenvalue weighted by Crippen LogP contribution is 2.38. The largest absolute Gasteiger partial charge is 0.489 e. The summed E-state index contributed by atoms with van der Waals surface area (Å²) in [5.41, 5.74) is 4.35. The van der Waals surface area contributed by atoms with Gasteiger partial charge in [0.15, 0.2) is 5.76 Å². The van der Waals surface area contributed by atoms with Crippen LogP contribution in [-0.4, -0.2) is 18.9 Å². The number of allylic oxidation sites excluding steroid dienone is 1. The summed E-state index contributed by atoms with van der Waals surface area (Å²) in [5, 5.41) is 0.986. The average Bonchev–Trinajstić information content (AvgIpc) is 3.12. The van der Waals surface area contributed by atoms with Crippen LogP contribution >= 0.6 is 23.2 Å². The van der Waals surface area contributed by atoms with Crippen molar-refractivity contribution >= 4 is 40.7 Å². The maximum atomic E-state index is 13.0. The first-order valence-electron chi connectivity index (χ1n) is 10.9. The molecule has 0 amide bonds. The SMILES string of the molecule is CCN(CC)c1ccc(/C=C2\Oc3cc(OCc4ccc(Cl)c(Cl)c4)cc(C)c3C2=O)cc1. The number of rotatable bonds is 7. The van der Waals surface area contributed by atoms with Gasteiger partial charge in [-0.2, -0.15) is 0 Å². The van der Waals surface area contributed by atoms with Crippen molar-refractivity contribution in [1.29, 1.82) is 0 Å². The molecule has 3 aromatic carbocycles. The number of aryl methyl sites for hydroxylation is 1. The van der Waals surface area contributed by atoms with Gasteiger partial charge in [0.05, 0.1) is 15.6 Å². The second-order valence-corrected chi connectivity index (χ2v) is 8.67. The Labute approximate surface area is 204 Å². The molecule has 4 nitrogen and oxygen atoms in total. The minimum absolute atomic E-state index is 0.119. The van der Waals surface area contributed by atoms with Gasteiger partial charge in [0, 0.05) is 24.8 Å². The van der Waals surface area contributed by atoms with Crippen molar-refractivity contribution in [3.05, 3.63) is 92.7 Å². The number of ether oxygens (including phenoxy) is 2. The molecule has 0 saturated heterocycles. The Hall–Kier alpha value is -2.95. The van der Waals surface area contributed by atoms with E-state index >= 15 is 0 Å². The highest BCUT2D eigenvalue weighted by Gasteiger charge is 2.30. The molecule has 0 unspecified atom stereocenters. The molecular weight excluding hydrogens is 457 g/mol. The van der Waals surface area contributed by atoms with Crippen LogP contribution in [0.4, 0.5) is 5.69 Å². The van der Waals surface area contributed by atoms with Crippen molar-refractivity contribution in [3.63, 3.8) is 0 Å². The highest BCUT2D eigenvalue weighted by atomic mass is 35.5. The molecule has 0 radical (unpaired) electrons. The van der Waals surface area contributed by atoms with Gasteiger partial charge in [-0.05, 0) is 73.9 Å². The standard InChI is InChI=1S/C27H25Cl2NO3/c1-4-30(5-2)20-9-6-18(7-10-20)14-25-27(31)26-17(3)12-21(15-24(26)33-25)32-16-19-8-11-22(28)23(29)13-19/h6-15H,4-5,16H2,1-3H3/b25-14-. The van der Waals surface area contributed by atoms with Gasteiger partial charge < -0.3 is 14.4 Å². The fourth-order valence-electron chi connectivity index (χ4n) is 3.88. The van der Waals surface area contributed by atoms with Crippen molar-refractivity contribution < 1.29 is 14.3 Å². The fraction of sp³-hybridized carbons (Fsp3) is 0.222. The summed E-state index contributed by atoms with van der Waals surface area (Å²) in [4.78, 5) is 15.3. The van der Waals surface area contributed by atoms with Gasteiger partial charge in [0.25, 0.3) is 0 Å². The number of hydrogen-bond acceptors (Lipinski definition) is 4. The molecule has 6 heteroatoms. The minimum atomic E-state index is -0.119. The number of benzene rings is 3. The lowest BCUT2D eigenvalue weighted by molar-refractivity contribution is 0.101. The monoisotopic (exact) mass is 481 g/mol. The van der Waals surface area contributed by atoms with E-state index in [1.165, 1.54) is 0 Å². The first kappa shape index (κ1) is 23.2. The molecule has 33 heavy (non-hydrogen) atoms. The first-order valence-corrected chi connectivity index (χ1v) is 11.7. The van der Waals surface area contributed by atoms with Crippen LogP contribution in [0.1, 0.15) is 40.9 Å². The van der Waals surface area contributed by atoms with Crippen molar-refractivity contribution in [3.8, 4) is 11.5 Å². The third-order valence-corrected chi connectivity index (χ3v) is 6.39. The molecule has 4 rings (SSSR count). The molecule has 1 aliphatic heterocycles. The second-order valence-electron chi connectivity index (χ2n) is 7.85. The summed E-state index contributed by atoms with van der Waals surface area (Å²) in [7, 11) is 0. The Bertz CT molecular complexity index is 1210. The average molecular weight is 482 g/mol. The summed E-state index contributed by atoms with van der Waals surface area (Å²) >= 11 is 12.1. The van der Waals surface area contributed by atoms with E-state index in [2.05, 4.69) is 30.9 Å². The highest BCUT2D eigenvalue weighted by molar-refractivity contribution is 6.42. The van der Waals surface area contributed by atoms with Crippen LogP contribution in [0.3, 0.4) is 0 Å². The summed E-state index contributed by atoms with van der Waals surface area (Å²) < 4.78 is 11.9. The summed E-state index contributed by atoms with van der Waals surface area (Å²) in [6.07, 6.45) is 1.78. The Balaban J connectivity index is 1.51. The lowest BCUT2D eigenvalue weighted by atomic mass is 10.0. The van der Waals surface area contributed by atoms with Gasteiger partial charge in [-0.1, -0.05) is 41.4 Å². The summed E-state index contributed by atoms with van der Waals surface area (Å²) in [6.45, 7) is 8.36. The number of anilines is 1. The van der Waals surface area contributed by atoms with Crippen LogP contribution in [0.5, 0.6) is 11.5 Å². The number of carbonyl (C=O) groups is 1. The molecular formula is C27H25Cl2NO3. The van der Waals surface area contributed by atoms with E-state index in [1.54, 1.807) is 24.3 Å². The Morgan fingerprint density at radius 1 is 0.970 bits per heavy atom. The van der Waals surface area contributed by atoms with Gasteiger partial charge in [-0.25, -0.2) is 0 Å². The predicted molar refractivity (Wildman–Crippen MR) is 135 cm³/mol. The molecule has 3 aromatic rings. The number of ketones is 1. The van der Waals surface area contributed by atoms with Crippen LogP contribution in [0.2, 0.25) is 10.0 Å². The van der Waals surface area contributed by atoms with Crippen molar-refractivity contribution in [2.24, 2.45) is 0 Å². The lowest BCUT2D eigenvalue weighted by Crippen LogP contribution is -2.21. The van der Waals surface area contributed by atoms with E-state index in [0.29, 0.717) is 39.5 Å². The maximum Gasteiger partial charge on any atom is 0.232 e. The topological polar surface area (TPSA) is 38.8 Å². The van der Waals surface area contributed by atoms with E-state index in [0.717, 1.165) is 35.5 Å². The normalized spacial score (nSPS) is 13.7. The van der Waals surface area contributed by atoms with Crippen LogP contribution < -0.4 is 14.4 Å². The minimum Gasteiger partial charge on any atom is -0.489 e. The Morgan fingerprint density at radius 3 is 2.36 bits per heavy atom. The zero-order valence-corrected chi connectivity index (χ0v) is 20.3. The summed E-state index contributed by atoms with van der Waals surface area (Å²) in [5.74, 6) is 1.32. The predicted octanol–water partition coefficient (Wildman–Crippen LogP) is 7.34. The lowest BCUT2D eigenvalue weighted by Gasteiger charge is -2.20. The first-order chi connectivity index (χ1) is 15.9. The quantitative estimate of drug-likeness (QED) is 0.330. The van der Waals surface area contributed by atoms with E-state index in [1.807, 2.05) is 31.2 Å². The smallest absolute Gasteiger partial charge is 0.232 e. The molecule has 0 spiro atoms. The molecule has 0 saturated carbocycles. The molecule has 170 valence electrons. The molecule has 0 bridgehead atoms. The van der Waals surface area contributed by atoms with Gasteiger partial charge in [-0.15, -0.1) is 0 Å². The zero-order chi connectivity index (χ0) is 23.5. The summed E-state index contributed by atoms with van der Waals surface area (Å²) in [6, 6.07) is 17.1. The van der Waals surface area contributed by atoms with E-state index < -0.39 is 0 Å². The zero-order valence-electron chi connectivity index (χ0n) is 18.8. The van der Waals surface area contributed by atoms with Gasteiger partial charge in [0.1, 0.15) is 18.1 Å². The molecule has 1 aliphatic rings. The third-order valence-electron chi connectivity index (χ3n) is 5.65. The fourth-order valence-corrected chi connectivity index (χ4v) is 4.20. The van der Waals surface area contributed by atoms with Crippen molar-refractivity contribution in [1.82, 2.24) is 0 Å². The Kier molecular flexibility index (Phi) is 6.96. The third kappa shape index (κ3) is 5.02. The van der Waals surface area contributed by atoms with E-state index in [-0.39, 0.29) is 5.78 Å². The van der Waals surface area contributed by atoms with Gasteiger partial charge in [-0.3, -0.25) is 4.79 Å². The number of carbonyl (C=O) groups excluding carboxylic acids is 1. The molecule has 1 heterocycles. The van der Waals surface area contributed by atoms with Crippen LogP contribution in [-0.2, 0) is 6.61 Å². The Morgan fingerprint density at radius 2 is 1.70 bits per heavy atom. The van der Waals surface area contributed by atoms with Gasteiger partial charge in [0.2, 0.25) is 5.78 Å². The van der Waals surface area contributed by atoms with Crippen molar-refractivity contribution in [2.45, 2.75) is 27.4 Å². The number of halogens is 2. The second kappa shape index (κ2) is 9.90. The van der Waals surface area contributed by atoms with Crippen molar-refractivity contribution in [2.75, 3.05) is 18.0 Å². The number of Topliss-reactive ketones (excluding diaryl/α,β-unsaturated/α-hetero) is 1.